The number of carboxylic acid groups (broad SMARTS) is 1. The molecule has 0 aliphatic carbocycles. The molecule has 0 heterocycles. The molecule has 0 aromatic heterocycles. The predicted molar refractivity (Wildman–Crippen MR) is 123 cm³/mol. The highest BCUT2D eigenvalue weighted by Crippen LogP contribution is 2.30. The minimum absolute atomic E-state index is 0.0625. The molecule has 0 saturated heterocycles. The van der Waals surface area contributed by atoms with E-state index in [-0.39, 0.29) is 18.3 Å². The summed E-state index contributed by atoms with van der Waals surface area (Å²) >= 11 is 0. The lowest BCUT2D eigenvalue weighted by Crippen LogP contribution is -2.22. The lowest BCUT2D eigenvalue weighted by atomic mass is 10.0. The number of nitrogen functional groups attached to an aromatic ring is 1. The molecule has 0 fully saturated rings. The molecule has 7 heteroatoms. The summed E-state index contributed by atoms with van der Waals surface area (Å²) in [5, 5.41) is 20.4. The number of carbonyl (C=O) groups is 1. The SMILES string of the molecule is CCc1ccc(OCCc2ccccc2F)c(C(Nc2ccc(C(=N)N)cc2)C(=O)O)c1. The highest BCUT2D eigenvalue weighted by molar-refractivity contribution is 5.95. The van der Waals surface area contributed by atoms with Crippen molar-refractivity contribution in [1.82, 2.24) is 0 Å². The number of hydrogen-bond donors (Lipinski definition) is 4. The van der Waals surface area contributed by atoms with Crippen LogP contribution in [0.1, 0.15) is 35.2 Å². The van der Waals surface area contributed by atoms with E-state index in [1.54, 1.807) is 48.5 Å². The van der Waals surface area contributed by atoms with Crippen molar-refractivity contribution in [2.75, 3.05) is 11.9 Å². The summed E-state index contributed by atoms with van der Waals surface area (Å²) in [7, 11) is 0. The van der Waals surface area contributed by atoms with Crippen LogP contribution in [0.3, 0.4) is 0 Å². The average molecular weight is 435 g/mol. The average Bonchev–Trinajstić information content (AvgIpc) is 2.79. The molecular weight excluding hydrogens is 409 g/mol. The van der Waals surface area contributed by atoms with E-state index in [0.29, 0.717) is 34.5 Å². The molecule has 166 valence electrons. The van der Waals surface area contributed by atoms with E-state index in [1.165, 1.54) is 6.07 Å². The normalized spacial score (nSPS) is 11.6. The fraction of sp³-hybridized carbons (Fsp3) is 0.200. The Kier molecular flexibility index (Phi) is 7.44. The maximum absolute atomic E-state index is 13.9. The van der Waals surface area contributed by atoms with Crippen molar-refractivity contribution in [3.63, 3.8) is 0 Å². The second kappa shape index (κ2) is 10.4. The number of anilines is 1. The van der Waals surface area contributed by atoms with Gasteiger partial charge in [0.05, 0.1) is 6.61 Å². The molecule has 0 amide bonds. The molecule has 0 spiro atoms. The quantitative estimate of drug-likeness (QED) is 0.276. The number of nitrogens with two attached hydrogens (primary N) is 1. The predicted octanol–water partition coefficient (Wildman–Crippen LogP) is 4.53. The van der Waals surface area contributed by atoms with E-state index >= 15 is 0 Å². The van der Waals surface area contributed by atoms with Gasteiger partial charge in [-0.3, -0.25) is 5.41 Å². The number of rotatable bonds is 10. The Morgan fingerprint density at radius 2 is 1.88 bits per heavy atom. The van der Waals surface area contributed by atoms with Crippen LogP contribution in [-0.2, 0) is 17.6 Å². The van der Waals surface area contributed by atoms with Gasteiger partial charge in [-0.25, -0.2) is 9.18 Å². The van der Waals surface area contributed by atoms with Crippen molar-refractivity contribution < 1.29 is 19.0 Å². The largest absolute Gasteiger partial charge is 0.493 e. The van der Waals surface area contributed by atoms with Crippen LogP contribution >= 0.6 is 0 Å². The Bertz CT molecular complexity index is 1100. The van der Waals surface area contributed by atoms with Crippen LogP contribution < -0.4 is 15.8 Å². The topological polar surface area (TPSA) is 108 Å². The Hall–Kier alpha value is -3.87. The van der Waals surface area contributed by atoms with Crippen LogP contribution in [0.25, 0.3) is 0 Å². The van der Waals surface area contributed by atoms with Crippen molar-refractivity contribution >= 4 is 17.5 Å². The Morgan fingerprint density at radius 3 is 2.50 bits per heavy atom. The van der Waals surface area contributed by atoms with Crippen molar-refractivity contribution in [2.45, 2.75) is 25.8 Å². The Balaban J connectivity index is 1.84. The number of aliphatic carboxylic acids is 1. The second-order valence-corrected chi connectivity index (χ2v) is 7.32. The number of halogens is 1. The van der Waals surface area contributed by atoms with Gasteiger partial charge in [0.15, 0.2) is 6.04 Å². The van der Waals surface area contributed by atoms with E-state index < -0.39 is 12.0 Å². The van der Waals surface area contributed by atoms with Gasteiger partial charge in [-0.05, 0) is 60.0 Å². The highest BCUT2D eigenvalue weighted by atomic mass is 19.1. The van der Waals surface area contributed by atoms with Crippen LogP contribution in [0.2, 0.25) is 0 Å². The summed E-state index contributed by atoms with van der Waals surface area (Å²) in [4.78, 5) is 12.1. The Labute approximate surface area is 186 Å². The van der Waals surface area contributed by atoms with E-state index in [9.17, 15) is 14.3 Å². The van der Waals surface area contributed by atoms with Gasteiger partial charge in [-0.1, -0.05) is 31.2 Å². The number of aryl methyl sites for hydroxylation is 1. The molecule has 0 saturated carbocycles. The van der Waals surface area contributed by atoms with Crippen LogP contribution in [0.4, 0.5) is 10.1 Å². The summed E-state index contributed by atoms with van der Waals surface area (Å²) in [6, 6.07) is 17.6. The van der Waals surface area contributed by atoms with Gasteiger partial charge >= 0.3 is 5.97 Å². The first-order valence-electron chi connectivity index (χ1n) is 10.3. The molecule has 0 aliphatic heterocycles. The highest BCUT2D eigenvalue weighted by Gasteiger charge is 2.24. The summed E-state index contributed by atoms with van der Waals surface area (Å²) < 4.78 is 19.8. The maximum atomic E-state index is 13.9. The number of carboxylic acids is 1. The summed E-state index contributed by atoms with van der Waals surface area (Å²) in [6.45, 7) is 2.20. The first-order chi connectivity index (χ1) is 15.4. The van der Waals surface area contributed by atoms with E-state index in [1.807, 2.05) is 19.1 Å². The molecule has 32 heavy (non-hydrogen) atoms. The molecule has 3 rings (SSSR count). The zero-order valence-corrected chi connectivity index (χ0v) is 17.8. The number of benzene rings is 3. The van der Waals surface area contributed by atoms with Crippen molar-refractivity contribution in [3.05, 3.63) is 94.8 Å². The molecule has 0 bridgehead atoms. The lowest BCUT2D eigenvalue weighted by Gasteiger charge is -2.21. The van der Waals surface area contributed by atoms with E-state index in [2.05, 4.69) is 5.32 Å². The van der Waals surface area contributed by atoms with Crippen molar-refractivity contribution in [2.24, 2.45) is 5.73 Å². The zero-order valence-electron chi connectivity index (χ0n) is 17.8. The molecule has 1 atom stereocenters. The third-order valence-corrected chi connectivity index (χ3v) is 5.13. The summed E-state index contributed by atoms with van der Waals surface area (Å²) in [5.41, 5.74) is 8.60. The molecular formula is C25H26FN3O3. The van der Waals surface area contributed by atoms with Gasteiger partial charge in [0.25, 0.3) is 0 Å². The number of amidine groups is 1. The molecule has 3 aromatic rings. The first-order valence-corrected chi connectivity index (χ1v) is 10.3. The van der Waals surface area contributed by atoms with Crippen molar-refractivity contribution in [3.8, 4) is 5.75 Å². The third kappa shape index (κ3) is 5.63. The van der Waals surface area contributed by atoms with E-state index in [4.69, 9.17) is 15.9 Å². The summed E-state index contributed by atoms with van der Waals surface area (Å²) in [5.74, 6) is -0.990. The summed E-state index contributed by atoms with van der Waals surface area (Å²) in [6.07, 6.45) is 1.10. The van der Waals surface area contributed by atoms with Gasteiger partial charge < -0.3 is 20.9 Å². The van der Waals surface area contributed by atoms with Crippen LogP contribution in [-0.4, -0.2) is 23.5 Å². The molecule has 0 radical (unpaired) electrons. The Morgan fingerprint density at radius 1 is 1.16 bits per heavy atom. The molecule has 1 unspecified atom stereocenters. The van der Waals surface area contributed by atoms with Crippen LogP contribution in [0.5, 0.6) is 5.75 Å². The monoisotopic (exact) mass is 435 g/mol. The van der Waals surface area contributed by atoms with E-state index in [0.717, 1.165) is 12.0 Å². The van der Waals surface area contributed by atoms with Gasteiger partial charge in [-0.2, -0.15) is 0 Å². The van der Waals surface area contributed by atoms with Gasteiger partial charge in [0.1, 0.15) is 17.4 Å². The lowest BCUT2D eigenvalue weighted by molar-refractivity contribution is -0.138. The molecule has 0 aliphatic rings. The molecule has 5 N–H and O–H groups in total. The second-order valence-electron chi connectivity index (χ2n) is 7.32. The van der Waals surface area contributed by atoms with Crippen molar-refractivity contribution in [1.29, 1.82) is 5.41 Å². The first kappa shape index (κ1) is 22.8. The maximum Gasteiger partial charge on any atom is 0.330 e. The van der Waals surface area contributed by atoms with Gasteiger partial charge in [0, 0.05) is 23.2 Å². The number of hydrogen-bond acceptors (Lipinski definition) is 4. The molecule has 6 nitrogen and oxygen atoms in total. The third-order valence-electron chi connectivity index (χ3n) is 5.13. The smallest absolute Gasteiger partial charge is 0.330 e. The standard InChI is InChI=1S/C25H26FN3O3/c1-2-16-7-12-22(32-14-13-17-5-3-4-6-21(17)26)20(15-16)23(25(30)31)29-19-10-8-18(9-11-19)24(27)28/h3-12,15,23,29H,2,13-14H2,1H3,(H3,27,28)(H,30,31). The number of ether oxygens (including phenoxy) is 1. The minimum atomic E-state index is -1.06. The van der Waals surface area contributed by atoms with Gasteiger partial charge in [0.2, 0.25) is 0 Å². The molecule has 3 aromatic carbocycles. The fourth-order valence-corrected chi connectivity index (χ4v) is 3.33. The minimum Gasteiger partial charge on any atom is -0.493 e. The van der Waals surface area contributed by atoms with Crippen LogP contribution in [0, 0.1) is 11.2 Å². The van der Waals surface area contributed by atoms with Gasteiger partial charge in [-0.15, -0.1) is 0 Å². The zero-order chi connectivity index (χ0) is 23.1. The number of nitrogens with one attached hydrogen (secondary N) is 2. The van der Waals surface area contributed by atoms with Crippen LogP contribution in [0.15, 0.2) is 66.7 Å². The fourth-order valence-electron chi connectivity index (χ4n) is 3.33.